The van der Waals surface area contributed by atoms with Crippen LogP contribution in [0.5, 0.6) is 11.6 Å². The molecular formula is C48H53BrN10O5. The predicted molar refractivity (Wildman–Crippen MR) is 249 cm³/mol. The van der Waals surface area contributed by atoms with Crippen LogP contribution in [-0.2, 0) is 0 Å². The minimum atomic E-state index is -0.927. The Kier molecular flexibility index (Phi) is 12.6. The number of carbonyl (C=O) groups excluding carboxylic acids is 2. The summed E-state index contributed by atoms with van der Waals surface area (Å²) in [6, 6.07) is 15.3. The van der Waals surface area contributed by atoms with E-state index in [2.05, 4.69) is 56.7 Å². The molecule has 7 aromatic rings. The minimum Gasteiger partial charge on any atom is -0.434 e. The average molecular weight is 930 g/mol. The Bertz CT molecular complexity index is 2840. The number of ether oxygens (including phenoxy) is 1. The fourth-order valence-electron chi connectivity index (χ4n) is 7.33. The molecule has 0 unspecified atom stereocenters. The number of fused-ring (bicyclic) bond motifs is 2. The van der Waals surface area contributed by atoms with Gasteiger partial charge in [-0.25, -0.2) is 29.0 Å². The number of halogens is 1. The summed E-state index contributed by atoms with van der Waals surface area (Å²) >= 11 is 3.46. The zero-order valence-electron chi connectivity index (χ0n) is 36.9. The first-order valence-electron chi connectivity index (χ1n) is 21.5. The SMILES string of the molecule is Cc1cc(-c2cnc3c(NCC(C)(C)O)cc(Br)nn23)ccc1C(=O)CC1CC1.Cc1cc(-c2cnc3c(NCC(C)(C)O)cc(Oc4cncnc4)nn23)ccc1C(=O)CC1CC1. The molecule has 0 radical (unpaired) electrons. The molecule has 15 nitrogen and oxygen atoms in total. The lowest BCUT2D eigenvalue weighted by Crippen LogP contribution is -2.29. The summed E-state index contributed by atoms with van der Waals surface area (Å²) in [6.07, 6.45) is 14.0. The number of aromatic nitrogens is 8. The molecule has 0 aliphatic heterocycles. The molecule has 64 heavy (non-hydrogen) atoms. The van der Waals surface area contributed by atoms with Crippen LogP contribution in [0.15, 0.2) is 84.2 Å². The number of imidazole rings is 2. The molecule has 4 N–H and O–H groups in total. The number of aryl methyl sites for hydroxylation is 2. The van der Waals surface area contributed by atoms with E-state index >= 15 is 0 Å². The van der Waals surface area contributed by atoms with Crippen molar-refractivity contribution < 1.29 is 24.5 Å². The van der Waals surface area contributed by atoms with Crippen molar-refractivity contribution in [2.45, 2.75) is 91.3 Å². The fraction of sp³-hybridized carbons (Fsp3) is 0.375. The number of Topliss-reactive ketones (excluding diaryl/α,β-unsaturated/α-hetero) is 2. The second kappa shape index (κ2) is 18.2. The summed E-state index contributed by atoms with van der Waals surface area (Å²) in [4.78, 5) is 42.3. The summed E-state index contributed by atoms with van der Waals surface area (Å²) in [5.41, 5.74) is 7.85. The van der Waals surface area contributed by atoms with Crippen LogP contribution in [0.3, 0.4) is 0 Å². The zero-order chi connectivity index (χ0) is 45.3. The molecule has 2 aliphatic rings. The number of benzene rings is 2. The van der Waals surface area contributed by atoms with Crippen molar-refractivity contribution in [3.63, 3.8) is 0 Å². The maximum atomic E-state index is 12.7. The van der Waals surface area contributed by atoms with Crippen LogP contribution in [0.2, 0.25) is 0 Å². The summed E-state index contributed by atoms with van der Waals surface area (Å²) in [5.74, 6) is 2.33. The zero-order valence-corrected chi connectivity index (χ0v) is 38.5. The summed E-state index contributed by atoms with van der Waals surface area (Å²) < 4.78 is 10.0. The normalized spacial score (nSPS) is 14.0. The molecule has 0 spiro atoms. The van der Waals surface area contributed by atoms with Gasteiger partial charge in [0.25, 0.3) is 0 Å². The van der Waals surface area contributed by atoms with Crippen LogP contribution < -0.4 is 15.4 Å². The van der Waals surface area contributed by atoms with Crippen LogP contribution in [0.1, 0.15) is 98.1 Å². The Labute approximate surface area is 379 Å². The van der Waals surface area contributed by atoms with Crippen LogP contribution >= 0.6 is 15.9 Å². The van der Waals surface area contributed by atoms with Gasteiger partial charge in [0.05, 0.1) is 58.8 Å². The molecule has 2 aliphatic carbocycles. The van der Waals surface area contributed by atoms with Crippen molar-refractivity contribution in [3.8, 4) is 34.1 Å². The lowest BCUT2D eigenvalue weighted by atomic mass is 9.98. The van der Waals surface area contributed by atoms with E-state index in [1.165, 1.54) is 19.2 Å². The van der Waals surface area contributed by atoms with Crippen molar-refractivity contribution in [2.75, 3.05) is 23.7 Å². The largest absolute Gasteiger partial charge is 0.434 e. The molecule has 0 atom stereocenters. The quantitative estimate of drug-likeness (QED) is 0.0671. The van der Waals surface area contributed by atoms with Gasteiger partial charge in [-0.3, -0.25) is 9.59 Å². The minimum absolute atomic E-state index is 0.201. The van der Waals surface area contributed by atoms with Gasteiger partial charge in [0.2, 0.25) is 5.88 Å². The highest BCUT2D eigenvalue weighted by Crippen LogP contribution is 2.36. The number of nitrogens with zero attached hydrogens (tertiary/aromatic N) is 8. The topological polar surface area (TPSA) is 194 Å². The van der Waals surface area contributed by atoms with Gasteiger partial charge in [-0.2, -0.15) is 5.10 Å². The van der Waals surface area contributed by atoms with Crippen LogP contribution in [0.4, 0.5) is 11.4 Å². The maximum absolute atomic E-state index is 12.7. The average Bonchev–Trinajstić information content (AvgIpc) is 4.15. The molecule has 5 aromatic heterocycles. The second-order valence-electron chi connectivity index (χ2n) is 18.2. The molecule has 0 bridgehead atoms. The number of rotatable bonds is 16. The van der Waals surface area contributed by atoms with E-state index in [1.807, 2.05) is 56.3 Å². The summed E-state index contributed by atoms with van der Waals surface area (Å²) in [6.45, 7) is 11.6. The standard InChI is InChI=1S/C26H28N6O3.C22H25BrN4O2/c1-16-8-18(6-7-20(16)23(33)9-17-4-5-17)22-13-29-25-21(30-14-26(2,3)34)10-24(31-32(22)25)35-19-11-27-15-28-12-19;1-13-8-15(6-7-16(13)19(28)9-14-4-5-14)18-11-24-21-17(25-12-22(2,3)29)10-20(23)26-27(18)21/h6-8,10-13,15,17,30,34H,4-5,9,14H2,1-3H3;6-8,10-11,14,25,29H,4-5,9,12H2,1-3H3. The van der Waals surface area contributed by atoms with E-state index in [4.69, 9.17) is 4.74 Å². The van der Waals surface area contributed by atoms with Crippen LogP contribution in [0.25, 0.3) is 33.8 Å². The molecule has 0 amide bonds. The Morgan fingerprint density at radius 3 is 1.62 bits per heavy atom. The molecule has 2 saturated carbocycles. The smallest absolute Gasteiger partial charge is 0.239 e. The third kappa shape index (κ3) is 11.0. The first kappa shape index (κ1) is 44.5. The van der Waals surface area contributed by atoms with Crippen molar-refractivity contribution in [2.24, 2.45) is 11.8 Å². The van der Waals surface area contributed by atoms with Gasteiger partial charge < -0.3 is 25.6 Å². The second-order valence-corrected chi connectivity index (χ2v) is 19.1. The molecule has 9 rings (SSSR count). The van der Waals surface area contributed by atoms with E-state index in [9.17, 15) is 19.8 Å². The Balaban J connectivity index is 0.000000178. The molecule has 332 valence electrons. The number of aliphatic hydroxyl groups is 2. The highest BCUT2D eigenvalue weighted by atomic mass is 79.9. The van der Waals surface area contributed by atoms with E-state index in [1.54, 1.807) is 67.6 Å². The summed E-state index contributed by atoms with van der Waals surface area (Å²) in [5, 5.41) is 35.9. The predicted octanol–water partition coefficient (Wildman–Crippen LogP) is 9.09. The highest BCUT2D eigenvalue weighted by Gasteiger charge is 2.27. The van der Waals surface area contributed by atoms with Crippen LogP contribution in [0, 0.1) is 25.7 Å². The van der Waals surface area contributed by atoms with Gasteiger partial charge in [0.1, 0.15) is 10.9 Å². The van der Waals surface area contributed by atoms with E-state index in [-0.39, 0.29) is 11.6 Å². The van der Waals surface area contributed by atoms with Gasteiger partial charge in [-0.15, -0.1) is 5.10 Å². The van der Waals surface area contributed by atoms with Gasteiger partial charge in [-0.05, 0) is 124 Å². The first-order chi connectivity index (χ1) is 30.5. The molecule has 2 aromatic carbocycles. The monoisotopic (exact) mass is 928 g/mol. The molecular weight excluding hydrogens is 876 g/mol. The van der Waals surface area contributed by atoms with Crippen molar-refractivity contribution in [1.82, 2.24) is 39.2 Å². The third-order valence-corrected chi connectivity index (χ3v) is 11.4. The number of hydrogen-bond acceptors (Lipinski definition) is 13. The Morgan fingerprint density at radius 2 is 1.17 bits per heavy atom. The third-order valence-electron chi connectivity index (χ3n) is 11.1. The van der Waals surface area contributed by atoms with E-state index < -0.39 is 11.2 Å². The number of anilines is 2. The molecule has 5 heterocycles. The number of ketones is 2. The van der Waals surface area contributed by atoms with Crippen molar-refractivity contribution in [3.05, 3.63) is 107 Å². The van der Waals surface area contributed by atoms with Crippen molar-refractivity contribution >= 4 is 50.2 Å². The van der Waals surface area contributed by atoms with Gasteiger partial charge in [-0.1, -0.05) is 24.3 Å². The van der Waals surface area contributed by atoms with E-state index in [0.29, 0.717) is 71.0 Å². The van der Waals surface area contributed by atoms with E-state index in [0.717, 1.165) is 63.3 Å². The lowest BCUT2D eigenvalue weighted by Gasteiger charge is -2.19. The number of carbonyl (C=O) groups is 2. The molecule has 2 fully saturated rings. The summed E-state index contributed by atoms with van der Waals surface area (Å²) in [7, 11) is 0. The van der Waals surface area contributed by atoms with Gasteiger partial charge in [0.15, 0.2) is 28.6 Å². The van der Waals surface area contributed by atoms with Crippen LogP contribution in [-0.4, -0.2) is 85.2 Å². The first-order valence-corrected chi connectivity index (χ1v) is 22.3. The number of nitrogens with one attached hydrogen (secondary N) is 2. The highest BCUT2D eigenvalue weighted by molar-refractivity contribution is 9.10. The molecule has 0 saturated heterocycles. The fourth-order valence-corrected chi connectivity index (χ4v) is 7.72. The van der Waals surface area contributed by atoms with Crippen molar-refractivity contribution in [1.29, 1.82) is 0 Å². The van der Waals surface area contributed by atoms with Gasteiger partial charge >= 0.3 is 0 Å². The molecule has 16 heteroatoms. The van der Waals surface area contributed by atoms with Gasteiger partial charge in [0, 0.05) is 54.3 Å². The Morgan fingerprint density at radius 1 is 0.703 bits per heavy atom. The lowest BCUT2D eigenvalue weighted by molar-refractivity contribution is 0.0939. The maximum Gasteiger partial charge on any atom is 0.239 e. The number of hydrogen-bond donors (Lipinski definition) is 4. The Hall–Kier alpha value is -6.10.